The molecule has 2 N–H and O–H groups in total. The summed E-state index contributed by atoms with van der Waals surface area (Å²) >= 11 is 0. The number of benzene rings is 1. The Balaban J connectivity index is 2.37. The van der Waals surface area contributed by atoms with E-state index in [4.69, 9.17) is 9.84 Å². The lowest BCUT2D eigenvalue weighted by Crippen LogP contribution is -2.08. The van der Waals surface area contributed by atoms with Crippen LogP contribution in [0.25, 0.3) is 11.3 Å². The summed E-state index contributed by atoms with van der Waals surface area (Å²) in [7, 11) is 0. The van der Waals surface area contributed by atoms with E-state index in [1.54, 1.807) is 6.92 Å². The number of aliphatic hydroxyl groups is 1. The number of hydrogen-bond acceptors (Lipinski definition) is 3. The Morgan fingerprint density at radius 2 is 2.05 bits per heavy atom. The fraction of sp³-hybridized carbons (Fsp3) is 0.267. The quantitative estimate of drug-likeness (QED) is 0.810. The zero-order valence-corrected chi connectivity index (χ0v) is 10.8. The second-order valence-corrected chi connectivity index (χ2v) is 4.14. The second-order valence-electron chi connectivity index (χ2n) is 4.14. The number of H-pyrrole nitrogens is 1. The molecule has 0 atom stereocenters. The van der Waals surface area contributed by atoms with Crippen LogP contribution < -0.4 is 0 Å². The molecule has 1 heterocycles. The van der Waals surface area contributed by atoms with Crippen molar-refractivity contribution < 1.29 is 14.6 Å². The van der Waals surface area contributed by atoms with Crippen molar-refractivity contribution in [2.24, 2.45) is 0 Å². The van der Waals surface area contributed by atoms with Crippen LogP contribution >= 0.6 is 0 Å². The Bertz CT molecular complexity index is 546. The van der Waals surface area contributed by atoms with Crippen molar-refractivity contribution in [3.8, 4) is 11.3 Å². The highest BCUT2D eigenvalue weighted by atomic mass is 16.5. The van der Waals surface area contributed by atoms with Crippen LogP contribution in [0.2, 0.25) is 0 Å². The Hall–Kier alpha value is -2.07. The van der Waals surface area contributed by atoms with Gasteiger partial charge in [0.05, 0.1) is 6.61 Å². The summed E-state index contributed by atoms with van der Waals surface area (Å²) < 4.78 is 5.01. The van der Waals surface area contributed by atoms with E-state index in [0.29, 0.717) is 18.7 Å². The van der Waals surface area contributed by atoms with Gasteiger partial charge in [0.25, 0.3) is 0 Å². The molecular weight excluding hydrogens is 242 g/mol. The van der Waals surface area contributed by atoms with Gasteiger partial charge in [-0.3, -0.25) is 0 Å². The monoisotopic (exact) mass is 259 g/mol. The van der Waals surface area contributed by atoms with Crippen LogP contribution in [0.3, 0.4) is 0 Å². The maximum atomic E-state index is 11.8. The summed E-state index contributed by atoms with van der Waals surface area (Å²) in [6.45, 7) is 2.10. The molecule has 0 amide bonds. The van der Waals surface area contributed by atoms with E-state index in [1.165, 1.54) is 0 Å². The Labute approximate surface area is 112 Å². The fourth-order valence-electron chi connectivity index (χ4n) is 1.97. The third-order valence-electron chi connectivity index (χ3n) is 2.84. The predicted octanol–water partition coefficient (Wildman–Crippen LogP) is 2.39. The number of aromatic nitrogens is 1. The van der Waals surface area contributed by atoms with Crippen LogP contribution in [0.15, 0.2) is 36.4 Å². The summed E-state index contributed by atoms with van der Waals surface area (Å²) in [5.41, 5.74) is 3.05. The summed E-state index contributed by atoms with van der Waals surface area (Å²) in [5.74, 6) is -0.381. The number of nitrogens with one attached hydrogen (secondary N) is 1. The van der Waals surface area contributed by atoms with Crippen LogP contribution in [0.4, 0.5) is 0 Å². The third-order valence-corrected chi connectivity index (χ3v) is 2.84. The summed E-state index contributed by atoms with van der Waals surface area (Å²) in [6, 6.07) is 11.6. The molecular formula is C15H17NO3. The molecule has 0 unspecified atom stereocenters. The summed E-state index contributed by atoms with van der Waals surface area (Å²) in [5, 5.41) is 9.07. The number of rotatable bonds is 5. The van der Waals surface area contributed by atoms with Crippen LogP contribution in [0.1, 0.15) is 23.0 Å². The number of carbonyl (C=O) groups excluding carboxylic acids is 1. The first-order chi connectivity index (χ1) is 9.26. The molecule has 0 fully saturated rings. The molecule has 2 aromatic rings. The van der Waals surface area contributed by atoms with Crippen LogP contribution in [-0.2, 0) is 11.2 Å². The lowest BCUT2D eigenvalue weighted by molar-refractivity contribution is 0.0519. The average Bonchev–Trinajstić information content (AvgIpc) is 2.85. The summed E-state index contributed by atoms with van der Waals surface area (Å²) in [6.07, 6.45) is 0.428. The van der Waals surface area contributed by atoms with Gasteiger partial charge in [-0.2, -0.15) is 0 Å². The van der Waals surface area contributed by atoms with Gasteiger partial charge < -0.3 is 14.8 Å². The number of carbonyl (C=O) groups is 1. The zero-order valence-electron chi connectivity index (χ0n) is 10.8. The molecule has 0 aliphatic heterocycles. The van der Waals surface area contributed by atoms with Gasteiger partial charge in [0.15, 0.2) is 0 Å². The van der Waals surface area contributed by atoms with E-state index in [-0.39, 0.29) is 12.6 Å². The normalized spacial score (nSPS) is 10.4. The van der Waals surface area contributed by atoms with Crippen LogP contribution in [0.5, 0.6) is 0 Å². The van der Waals surface area contributed by atoms with Crippen molar-refractivity contribution in [1.82, 2.24) is 4.98 Å². The highest BCUT2D eigenvalue weighted by Crippen LogP contribution is 2.22. The minimum atomic E-state index is -0.381. The van der Waals surface area contributed by atoms with Crippen molar-refractivity contribution in [2.45, 2.75) is 13.3 Å². The molecule has 4 heteroatoms. The minimum Gasteiger partial charge on any atom is -0.461 e. The van der Waals surface area contributed by atoms with Crippen molar-refractivity contribution in [1.29, 1.82) is 0 Å². The molecule has 2 rings (SSSR count). The Morgan fingerprint density at radius 3 is 2.68 bits per heavy atom. The number of ether oxygens (including phenoxy) is 1. The molecule has 19 heavy (non-hydrogen) atoms. The second kappa shape index (κ2) is 6.20. The van der Waals surface area contributed by atoms with E-state index in [0.717, 1.165) is 16.8 Å². The highest BCUT2D eigenvalue weighted by Gasteiger charge is 2.16. The van der Waals surface area contributed by atoms with Gasteiger partial charge in [-0.25, -0.2) is 4.79 Å². The number of aliphatic hydroxyl groups excluding tert-OH is 1. The van der Waals surface area contributed by atoms with E-state index in [1.807, 2.05) is 36.4 Å². The van der Waals surface area contributed by atoms with Crippen molar-refractivity contribution in [3.63, 3.8) is 0 Å². The van der Waals surface area contributed by atoms with Crippen molar-refractivity contribution in [2.75, 3.05) is 13.2 Å². The highest BCUT2D eigenvalue weighted by molar-refractivity contribution is 5.90. The molecule has 1 aromatic heterocycles. The van der Waals surface area contributed by atoms with Gasteiger partial charge in [0, 0.05) is 12.3 Å². The smallest absolute Gasteiger partial charge is 0.355 e. The van der Waals surface area contributed by atoms with Gasteiger partial charge in [0.1, 0.15) is 5.69 Å². The summed E-state index contributed by atoms with van der Waals surface area (Å²) in [4.78, 5) is 14.9. The third kappa shape index (κ3) is 3.03. The number of aromatic amines is 1. The van der Waals surface area contributed by atoms with Crippen LogP contribution in [0, 0.1) is 0 Å². The first-order valence-corrected chi connectivity index (χ1v) is 6.31. The fourth-order valence-corrected chi connectivity index (χ4v) is 1.97. The number of esters is 1. The first-order valence-electron chi connectivity index (χ1n) is 6.31. The molecule has 0 aliphatic rings. The maximum absolute atomic E-state index is 11.8. The molecule has 0 aliphatic carbocycles. The molecule has 0 saturated heterocycles. The lowest BCUT2D eigenvalue weighted by atomic mass is 10.1. The SMILES string of the molecule is CCOC(=O)c1[nH]c(-c2ccccc2)cc1CCO. The Kier molecular flexibility index (Phi) is 4.36. The molecule has 100 valence electrons. The van der Waals surface area contributed by atoms with Gasteiger partial charge in [0.2, 0.25) is 0 Å². The standard InChI is InChI=1S/C15H17NO3/c1-2-19-15(18)14-12(8-9-17)10-13(16-14)11-6-4-3-5-7-11/h3-7,10,16-17H,2,8-9H2,1H3. The van der Waals surface area contributed by atoms with Gasteiger partial charge in [-0.15, -0.1) is 0 Å². The number of hydrogen-bond donors (Lipinski definition) is 2. The van der Waals surface area contributed by atoms with E-state index in [9.17, 15) is 4.79 Å². The molecule has 1 aromatic carbocycles. The van der Waals surface area contributed by atoms with Crippen molar-refractivity contribution >= 4 is 5.97 Å². The van der Waals surface area contributed by atoms with Gasteiger partial charge in [-0.05, 0) is 30.5 Å². The lowest BCUT2D eigenvalue weighted by Gasteiger charge is -2.02. The average molecular weight is 259 g/mol. The Morgan fingerprint density at radius 1 is 1.32 bits per heavy atom. The zero-order chi connectivity index (χ0) is 13.7. The molecule has 4 nitrogen and oxygen atoms in total. The van der Waals surface area contributed by atoms with E-state index >= 15 is 0 Å². The largest absolute Gasteiger partial charge is 0.461 e. The van der Waals surface area contributed by atoms with E-state index in [2.05, 4.69) is 4.98 Å². The predicted molar refractivity (Wildman–Crippen MR) is 73.0 cm³/mol. The van der Waals surface area contributed by atoms with Gasteiger partial charge >= 0.3 is 5.97 Å². The van der Waals surface area contributed by atoms with Gasteiger partial charge in [-0.1, -0.05) is 30.3 Å². The maximum Gasteiger partial charge on any atom is 0.355 e. The molecule has 0 saturated carbocycles. The van der Waals surface area contributed by atoms with E-state index < -0.39 is 0 Å². The molecule has 0 spiro atoms. The topological polar surface area (TPSA) is 62.3 Å². The molecule has 0 radical (unpaired) electrons. The van der Waals surface area contributed by atoms with Crippen LogP contribution in [-0.4, -0.2) is 29.3 Å². The molecule has 0 bridgehead atoms. The van der Waals surface area contributed by atoms with Crippen molar-refractivity contribution in [3.05, 3.63) is 47.7 Å². The first kappa shape index (κ1) is 13.4. The minimum absolute atomic E-state index is 0.00150.